The predicted molar refractivity (Wildman–Crippen MR) is 110 cm³/mol. The van der Waals surface area contributed by atoms with E-state index in [9.17, 15) is 0 Å². The highest BCUT2D eigenvalue weighted by molar-refractivity contribution is 5.63. The zero-order valence-corrected chi connectivity index (χ0v) is 16.8. The molecule has 144 valence electrons. The van der Waals surface area contributed by atoms with Crippen LogP contribution in [0.1, 0.15) is 32.8 Å². The molecule has 1 atom stereocenters. The van der Waals surface area contributed by atoms with Crippen molar-refractivity contribution in [1.82, 2.24) is 25.8 Å². The van der Waals surface area contributed by atoms with Crippen LogP contribution in [0.2, 0.25) is 0 Å². The van der Waals surface area contributed by atoms with Gasteiger partial charge in [0.05, 0.1) is 11.9 Å². The molecule has 3 N–H and O–H groups in total. The van der Waals surface area contributed by atoms with Gasteiger partial charge in [0.1, 0.15) is 5.82 Å². The number of aromatic nitrogens is 3. The molecule has 0 aliphatic rings. The van der Waals surface area contributed by atoms with Gasteiger partial charge < -0.3 is 15.5 Å². The fourth-order valence-electron chi connectivity index (χ4n) is 3.07. The van der Waals surface area contributed by atoms with E-state index in [2.05, 4.69) is 58.6 Å². The second-order valence-electron chi connectivity index (χ2n) is 7.18. The van der Waals surface area contributed by atoms with E-state index in [4.69, 9.17) is 4.98 Å². The lowest BCUT2D eigenvalue weighted by molar-refractivity contribution is 0.530. The van der Waals surface area contributed by atoms with E-state index in [1.54, 1.807) is 0 Å². The molecule has 0 saturated heterocycles. The van der Waals surface area contributed by atoms with Gasteiger partial charge >= 0.3 is 0 Å². The molecule has 6 nitrogen and oxygen atoms in total. The van der Waals surface area contributed by atoms with Gasteiger partial charge in [-0.2, -0.15) is 5.10 Å². The Morgan fingerprint density at radius 1 is 1.19 bits per heavy atom. The molecule has 0 aliphatic carbocycles. The minimum Gasteiger partial charge on any atom is -0.357 e. The smallest absolute Gasteiger partial charge is 0.128 e. The highest BCUT2D eigenvalue weighted by atomic mass is 15.2. The molecule has 6 heteroatoms. The molecule has 0 fully saturated rings. The van der Waals surface area contributed by atoms with Crippen LogP contribution < -0.4 is 15.5 Å². The molecule has 2 aromatic heterocycles. The second kappa shape index (κ2) is 10.3. The van der Waals surface area contributed by atoms with E-state index in [1.807, 2.05) is 26.5 Å². The molecule has 2 aromatic rings. The van der Waals surface area contributed by atoms with Crippen LogP contribution in [-0.4, -0.2) is 55.0 Å². The van der Waals surface area contributed by atoms with Gasteiger partial charge in [-0.15, -0.1) is 0 Å². The first-order valence-electron chi connectivity index (χ1n) is 9.64. The number of aromatic amines is 1. The third-order valence-electron chi connectivity index (χ3n) is 4.76. The van der Waals surface area contributed by atoms with Crippen molar-refractivity contribution < 1.29 is 0 Å². The first-order chi connectivity index (χ1) is 12.6. The molecular weight excluding hydrogens is 324 g/mol. The zero-order valence-electron chi connectivity index (χ0n) is 16.8. The SMILES string of the molecule is CCN(CCC(C)C)c1ccc(-c2[nH]ncc2CC(CNC)NC)cn1. The molecule has 26 heavy (non-hydrogen) atoms. The molecule has 2 rings (SSSR count). The molecule has 0 saturated carbocycles. The molecule has 0 aliphatic heterocycles. The van der Waals surface area contributed by atoms with Gasteiger partial charge in [0, 0.05) is 37.4 Å². The number of rotatable bonds is 11. The van der Waals surface area contributed by atoms with Gasteiger partial charge in [-0.05, 0) is 57.5 Å². The van der Waals surface area contributed by atoms with Crippen LogP contribution in [0.5, 0.6) is 0 Å². The lowest BCUT2D eigenvalue weighted by Gasteiger charge is -2.23. The van der Waals surface area contributed by atoms with Crippen LogP contribution in [0.4, 0.5) is 5.82 Å². The summed E-state index contributed by atoms with van der Waals surface area (Å²) in [5, 5.41) is 14.0. The number of hydrogen-bond acceptors (Lipinski definition) is 5. The first kappa shape index (κ1) is 20.4. The van der Waals surface area contributed by atoms with E-state index >= 15 is 0 Å². The summed E-state index contributed by atoms with van der Waals surface area (Å²) in [6.45, 7) is 9.64. The maximum atomic E-state index is 4.71. The fraction of sp³-hybridized carbons (Fsp3) is 0.600. The molecule has 2 heterocycles. The third kappa shape index (κ3) is 5.54. The van der Waals surface area contributed by atoms with Crippen molar-refractivity contribution in [3.8, 4) is 11.3 Å². The van der Waals surface area contributed by atoms with Crippen molar-refractivity contribution in [3.05, 3.63) is 30.1 Å². The molecule has 0 amide bonds. The Balaban J connectivity index is 2.12. The number of pyridine rings is 1. The van der Waals surface area contributed by atoms with E-state index in [-0.39, 0.29) is 0 Å². The number of H-pyrrole nitrogens is 1. The summed E-state index contributed by atoms with van der Waals surface area (Å²) in [5.41, 5.74) is 3.35. The van der Waals surface area contributed by atoms with Gasteiger partial charge in [0.2, 0.25) is 0 Å². The van der Waals surface area contributed by atoms with Crippen LogP contribution in [-0.2, 0) is 6.42 Å². The number of nitrogens with one attached hydrogen (secondary N) is 3. The quantitative estimate of drug-likeness (QED) is 0.576. The van der Waals surface area contributed by atoms with E-state index in [0.29, 0.717) is 12.0 Å². The first-order valence-corrected chi connectivity index (χ1v) is 9.64. The van der Waals surface area contributed by atoms with Crippen LogP contribution in [0.3, 0.4) is 0 Å². The summed E-state index contributed by atoms with van der Waals surface area (Å²) < 4.78 is 0. The monoisotopic (exact) mass is 358 g/mol. The van der Waals surface area contributed by atoms with Gasteiger partial charge in [0.25, 0.3) is 0 Å². The minimum atomic E-state index is 0.371. The summed E-state index contributed by atoms with van der Waals surface area (Å²) in [7, 11) is 3.97. The maximum Gasteiger partial charge on any atom is 0.128 e. The lowest BCUT2D eigenvalue weighted by atomic mass is 10.0. The summed E-state index contributed by atoms with van der Waals surface area (Å²) >= 11 is 0. The highest BCUT2D eigenvalue weighted by Gasteiger charge is 2.14. The van der Waals surface area contributed by atoms with Crippen LogP contribution >= 0.6 is 0 Å². The Kier molecular flexibility index (Phi) is 8.06. The Hall–Kier alpha value is -1.92. The largest absolute Gasteiger partial charge is 0.357 e. The average Bonchev–Trinajstić information content (AvgIpc) is 3.10. The van der Waals surface area contributed by atoms with Crippen molar-refractivity contribution in [1.29, 1.82) is 0 Å². The fourth-order valence-corrected chi connectivity index (χ4v) is 3.07. The second-order valence-corrected chi connectivity index (χ2v) is 7.18. The number of likely N-dealkylation sites (N-methyl/N-ethyl adjacent to an activating group) is 2. The van der Waals surface area contributed by atoms with Crippen molar-refractivity contribution in [2.24, 2.45) is 5.92 Å². The minimum absolute atomic E-state index is 0.371. The summed E-state index contributed by atoms with van der Waals surface area (Å²) in [4.78, 5) is 7.05. The van der Waals surface area contributed by atoms with Gasteiger partial charge in [0.15, 0.2) is 0 Å². The van der Waals surface area contributed by atoms with Crippen LogP contribution in [0, 0.1) is 5.92 Å². The summed E-state index contributed by atoms with van der Waals surface area (Å²) in [6.07, 6.45) is 5.97. The van der Waals surface area contributed by atoms with E-state index in [1.165, 1.54) is 12.0 Å². The van der Waals surface area contributed by atoms with Gasteiger partial charge in [-0.3, -0.25) is 5.10 Å². The average molecular weight is 359 g/mol. The van der Waals surface area contributed by atoms with Crippen molar-refractivity contribution >= 4 is 5.82 Å². The lowest BCUT2D eigenvalue weighted by Crippen LogP contribution is -2.36. The standard InChI is InChI=1S/C20H34N6/c1-6-26(10-9-15(2)3)19-8-7-16(12-23-19)20-17(13-24-25-20)11-18(22-5)14-21-4/h7-8,12-13,15,18,21-22H,6,9-11,14H2,1-5H3,(H,24,25). The predicted octanol–water partition coefficient (Wildman–Crippen LogP) is 2.69. The Labute approximate surface area is 157 Å². The van der Waals surface area contributed by atoms with Crippen LogP contribution in [0.25, 0.3) is 11.3 Å². The van der Waals surface area contributed by atoms with Crippen molar-refractivity contribution in [2.75, 3.05) is 38.6 Å². The Bertz CT molecular complexity index is 634. The van der Waals surface area contributed by atoms with Gasteiger partial charge in [-0.25, -0.2) is 4.98 Å². The van der Waals surface area contributed by atoms with Crippen LogP contribution in [0.15, 0.2) is 24.5 Å². The zero-order chi connectivity index (χ0) is 18.9. The topological polar surface area (TPSA) is 68.9 Å². The number of hydrogen-bond donors (Lipinski definition) is 3. The highest BCUT2D eigenvalue weighted by Crippen LogP contribution is 2.23. The number of anilines is 1. The summed E-state index contributed by atoms with van der Waals surface area (Å²) in [6, 6.07) is 4.63. The molecule has 0 aromatic carbocycles. The molecule has 0 radical (unpaired) electrons. The molecule has 0 spiro atoms. The van der Waals surface area contributed by atoms with Crippen molar-refractivity contribution in [3.63, 3.8) is 0 Å². The third-order valence-corrected chi connectivity index (χ3v) is 4.76. The molecule has 1 unspecified atom stereocenters. The molecular formula is C20H34N6. The van der Waals surface area contributed by atoms with E-state index < -0.39 is 0 Å². The normalized spacial score (nSPS) is 12.5. The van der Waals surface area contributed by atoms with Gasteiger partial charge in [-0.1, -0.05) is 13.8 Å². The van der Waals surface area contributed by atoms with E-state index in [0.717, 1.165) is 43.1 Å². The summed E-state index contributed by atoms with van der Waals surface area (Å²) in [5.74, 6) is 1.75. The number of nitrogens with zero attached hydrogens (tertiary/aromatic N) is 3. The van der Waals surface area contributed by atoms with Crippen molar-refractivity contribution in [2.45, 2.75) is 39.7 Å². The maximum absolute atomic E-state index is 4.71. The Morgan fingerprint density at radius 2 is 2.00 bits per heavy atom. The molecule has 0 bridgehead atoms. The Morgan fingerprint density at radius 3 is 2.58 bits per heavy atom.